The average molecular weight is 436 g/mol. The molecule has 0 spiro atoms. The number of carbonyl (C=O) groups excluding carboxylic acids is 1. The van der Waals surface area contributed by atoms with Gasteiger partial charge in [0.25, 0.3) is 0 Å². The molecule has 1 aliphatic heterocycles. The number of amides is 1. The van der Waals surface area contributed by atoms with Gasteiger partial charge < -0.3 is 15.4 Å². The average Bonchev–Trinajstić information content (AvgIpc) is 2.72. The number of rotatable bonds is 1. The molecular formula is C23H22ClN5O2. The summed E-state index contributed by atoms with van der Waals surface area (Å²) in [6, 6.07) is 13.0. The molecule has 3 rings (SSSR count). The van der Waals surface area contributed by atoms with Gasteiger partial charge in [-0.2, -0.15) is 15.8 Å². The standard InChI is InChI=1S/C23H22ClN5O2/c1-22(2,3)31-21(30)29-9-8-16-17(10-25)20(28)23(12-26,13-27)19(18(16)11-29)14-4-6-15(24)7-5-14/h4-8,18-19H,9,11,28H2,1-3H3. The molecule has 0 bridgehead atoms. The van der Waals surface area contributed by atoms with Gasteiger partial charge in [0.05, 0.1) is 23.4 Å². The van der Waals surface area contributed by atoms with Crippen molar-refractivity contribution in [1.29, 1.82) is 15.8 Å². The van der Waals surface area contributed by atoms with Crippen molar-refractivity contribution < 1.29 is 9.53 Å². The van der Waals surface area contributed by atoms with Crippen LogP contribution >= 0.6 is 11.6 Å². The van der Waals surface area contributed by atoms with E-state index in [0.29, 0.717) is 16.2 Å². The molecule has 2 aliphatic rings. The summed E-state index contributed by atoms with van der Waals surface area (Å²) in [6.45, 7) is 5.75. The van der Waals surface area contributed by atoms with Crippen molar-refractivity contribution in [2.24, 2.45) is 17.1 Å². The molecular weight excluding hydrogens is 414 g/mol. The van der Waals surface area contributed by atoms with Gasteiger partial charge in [-0.05, 0) is 44.0 Å². The van der Waals surface area contributed by atoms with Gasteiger partial charge in [-0.25, -0.2) is 4.79 Å². The van der Waals surface area contributed by atoms with Crippen molar-refractivity contribution in [2.75, 3.05) is 13.1 Å². The quantitative estimate of drug-likeness (QED) is 0.710. The summed E-state index contributed by atoms with van der Waals surface area (Å²) in [5, 5.41) is 30.4. The molecule has 0 radical (unpaired) electrons. The molecule has 2 atom stereocenters. The maximum Gasteiger partial charge on any atom is 0.410 e. The first kappa shape index (κ1) is 22.2. The zero-order chi connectivity index (χ0) is 23.0. The predicted molar refractivity (Wildman–Crippen MR) is 114 cm³/mol. The van der Waals surface area contributed by atoms with Crippen molar-refractivity contribution in [1.82, 2.24) is 4.90 Å². The minimum absolute atomic E-state index is 0.0619. The summed E-state index contributed by atoms with van der Waals surface area (Å²) in [6.07, 6.45) is 1.25. The monoisotopic (exact) mass is 435 g/mol. The third-order valence-electron chi connectivity index (χ3n) is 5.55. The number of hydrogen-bond acceptors (Lipinski definition) is 6. The van der Waals surface area contributed by atoms with Crippen LogP contribution in [-0.4, -0.2) is 29.7 Å². The lowest BCUT2D eigenvalue weighted by atomic mass is 9.58. The van der Waals surface area contributed by atoms with Gasteiger partial charge in [0.2, 0.25) is 0 Å². The number of fused-ring (bicyclic) bond motifs is 1. The molecule has 158 valence electrons. The van der Waals surface area contributed by atoms with E-state index in [1.807, 2.05) is 0 Å². The van der Waals surface area contributed by atoms with Gasteiger partial charge in [-0.3, -0.25) is 0 Å². The zero-order valence-electron chi connectivity index (χ0n) is 17.5. The molecule has 31 heavy (non-hydrogen) atoms. The molecule has 1 aromatic carbocycles. The molecule has 1 heterocycles. The van der Waals surface area contributed by atoms with Gasteiger partial charge in [0, 0.05) is 29.9 Å². The number of carbonyl (C=O) groups is 1. The fraction of sp³-hybridized carbons (Fsp3) is 0.391. The van der Waals surface area contributed by atoms with Crippen LogP contribution in [0.5, 0.6) is 0 Å². The predicted octanol–water partition coefficient (Wildman–Crippen LogP) is 4.00. The Labute approximate surface area is 186 Å². The van der Waals surface area contributed by atoms with Gasteiger partial charge in [-0.1, -0.05) is 29.8 Å². The SMILES string of the molecule is CC(C)(C)OC(=O)N1CC=C2C(C#N)=C(N)C(C#N)(C#N)C(c3ccc(Cl)cc3)C2C1. The lowest BCUT2D eigenvalue weighted by molar-refractivity contribution is 0.0224. The third-order valence-corrected chi connectivity index (χ3v) is 5.80. The van der Waals surface area contributed by atoms with Crippen LogP contribution in [-0.2, 0) is 4.74 Å². The van der Waals surface area contributed by atoms with Crippen molar-refractivity contribution in [3.05, 3.63) is 57.8 Å². The summed E-state index contributed by atoms with van der Waals surface area (Å²) < 4.78 is 5.50. The Kier molecular flexibility index (Phi) is 5.72. The highest BCUT2D eigenvalue weighted by molar-refractivity contribution is 6.30. The molecule has 1 amide bonds. The Morgan fingerprint density at radius 1 is 1.23 bits per heavy atom. The van der Waals surface area contributed by atoms with E-state index >= 15 is 0 Å². The second kappa shape index (κ2) is 7.99. The molecule has 1 aliphatic carbocycles. The Hall–Kier alpha value is -3.47. The number of nitrogens with two attached hydrogens (primary N) is 1. The molecule has 2 N–H and O–H groups in total. The summed E-state index contributed by atoms with van der Waals surface area (Å²) in [5.41, 5.74) is 5.21. The summed E-state index contributed by atoms with van der Waals surface area (Å²) in [5.74, 6) is -1.20. The maximum atomic E-state index is 12.7. The van der Waals surface area contributed by atoms with Gasteiger partial charge in [-0.15, -0.1) is 0 Å². The van der Waals surface area contributed by atoms with E-state index in [1.54, 1.807) is 51.1 Å². The van der Waals surface area contributed by atoms with Crippen LogP contribution in [0.1, 0.15) is 32.3 Å². The van der Waals surface area contributed by atoms with E-state index in [2.05, 4.69) is 18.2 Å². The molecule has 8 heteroatoms. The van der Waals surface area contributed by atoms with E-state index < -0.39 is 28.9 Å². The molecule has 2 unspecified atom stereocenters. The fourth-order valence-corrected chi connectivity index (χ4v) is 4.33. The molecule has 1 aromatic rings. The zero-order valence-corrected chi connectivity index (χ0v) is 18.3. The van der Waals surface area contributed by atoms with E-state index in [9.17, 15) is 20.6 Å². The van der Waals surface area contributed by atoms with Crippen molar-refractivity contribution in [3.63, 3.8) is 0 Å². The minimum Gasteiger partial charge on any atom is -0.444 e. The van der Waals surface area contributed by atoms with Crippen molar-refractivity contribution in [3.8, 4) is 18.2 Å². The lowest BCUT2D eigenvalue weighted by Gasteiger charge is -2.45. The summed E-state index contributed by atoms with van der Waals surface area (Å²) >= 11 is 6.04. The molecule has 0 saturated carbocycles. The van der Waals surface area contributed by atoms with E-state index in [1.165, 1.54) is 4.90 Å². The molecule has 0 saturated heterocycles. The highest BCUT2D eigenvalue weighted by Gasteiger charge is 2.54. The first-order chi connectivity index (χ1) is 14.6. The Bertz CT molecular complexity index is 1080. The molecule has 0 aromatic heterocycles. The smallest absolute Gasteiger partial charge is 0.410 e. The summed E-state index contributed by atoms with van der Waals surface area (Å²) in [7, 11) is 0. The second-order valence-electron chi connectivity index (χ2n) is 8.61. The lowest BCUT2D eigenvalue weighted by Crippen LogP contribution is -2.50. The topological polar surface area (TPSA) is 127 Å². The number of nitriles is 3. The Morgan fingerprint density at radius 3 is 2.35 bits per heavy atom. The highest BCUT2D eigenvalue weighted by Crippen LogP contribution is 2.54. The minimum atomic E-state index is -1.77. The van der Waals surface area contributed by atoms with Gasteiger partial charge in [0.15, 0.2) is 5.41 Å². The van der Waals surface area contributed by atoms with Gasteiger partial charge >= 0.3 is 6.09 Å². The van der Waals surface area contributed by atoms with E-state index in [4.69, 9.17) is 22.1 Å². The van der Waals surface area contributed by atoms with Crippen LogP contribution in [0.25, 0.3) is 0 Å². The second-order valence-corrected chi connectivity index (χ2v) is 9.05. The van der Waals surface area contributed by atoms with E-state index in [-0.39, 0.29) is 24.4 Å². The Balaban J connectivity index is 2.18. The fourth-order valence-electron chi connectivity index (χ4n) is 4.20. The van der Waals surface area contributed by atoms with Crippen LogP contribution in [0.2, 0.25) is 5.02 Å². The Morgan fingerprint density at radius 2 is 1.84 bits per heavy atom. The molecule has 7 nitrogen and oxygen atoms in total. The number of allylic oxidation sites excluding steroid dienone is 2. The largest absolute Gasteiger partial charge is 0.444 e. The van der Waals surface area contributed by atoms with Crippen molar-refractivity contribution >= 4 is 17.7 Å². The highest BCUT2D eigenvalue weighted by atomic mass is 35.5. The number of ether oxygens (including phenoxy) is 1. The third kappa shape index (κ3) is 3.83. The van der Waals surface area contributed by atoms with Crippen LogP contribution < -0.4 is 5.73 Å². The number of benzene rings is 1. The van der Waals surface area contributed by atoms with Crippen LogP contribution in [0, 0.1) is 45.3 Å². The van der Waals surface area contributed by atoms with Crippen LogP contribution in [0.3, 0.4) is 0 Å². The number of nitrogens with zero attached hydrogens (tertiary/aromatic N) is 4. The van der Waals surface area contributed by atoms with Crippen LogP contribution in [0.15, 0.2) is 47.2 Å². The maximum absolute atomic E-state index is 12.7. The first-order valence-electron chi connectivity index (χ1n) is 9.74. The normalized spacial score (nSPS) is 22.4. The van der Waals surface area contributed by atoms with Gasteiger partial charge in [0.1, 0.15) is 11.7 Å². The van der Waals surface area contributed by atoms with Crippen molar-refractivity contribution in [2.45, 2.75) is 32.3 Å². The summed E-state index contributed by atoms with van der Waals surface area (Å²) in [4.78, 5) is 14.2. The van der Waals surface area contributed by atoms with Crippen LogP contribution in [0.4, 0.5) is 4.79 Å². The first-order valence-corrected chi connectivity index (χ1v) is 10.1. The molecule has 0 fully saturated rings. The number of hydrogen-bond donors (Lipinski definition) is 1. The van der Waals surface area contributed by atoms with E-state index in [0.717, 1.165) is 0 Å². The number of halogens is 1.